The Morgan fingerprint density at radius 2 is 1.84 bits per heavy atom. The van der Waals surface area contributed by atoms with Crippen LogP contribution in [0.3, 0.4) is 0 Å². The first-order valence-corrected chi connectivity index (χ1v) is 10.4. The van der Waals surface area contributed by atoms with Gasteiger partial charge >= 0.3 is 0 Å². The number of para-hydroxylation sites is 1. The van der Waals surface area contributed by atoms with E-state index in [9.17, 15) is 9.59 Å². The largest absolute Gasteiger partial charge is 0.440 e. The molecule has 2 atom stereocenters. The number of carbonyl (C=O) groups excluding carboxylic acids is 2. The van der Waals surface area contributed by atoms with Crippen molar-refractivity contribution in [2.45, 2.75) is 24.8 Å². The summed E-state index contributed by atoms with van der Waals surface area (Å²) in [5.41, 5.74) is 0.906. The Hall–Kier alpha value is -2.88. The first-order chi connectivity index (χ1) is 15.1. The van der Waals surface area contributed by atoms with Crippen LogP contribution >= 0.6 is 11.6 Å². The van der Waals surface area contributed by atoms with Gasteiger partial charge in [0.15, 0.2) is 11.0 Å². The lowest BCUT2D eigenvalue weighted by atomic mass is 10.2. The molecule has 2 saturated heterocycles. The molecule has 2 fully saturated rings. The lowest BCUT2D eigenvalue weighted by Gasteiger charge is -2.19. The van der Waals surface area contributed by atoms with Crippen molar-refractivity contribution in [3.05, 3.63) is 53.6 Å². The number of carbonyl (C=O) groups is 2. The van der Waals surface area contributed by atoms with E-state index in [-0.39, 0.29) is 47.6 Å². The Morgan fingerprint density at radius 1 is 1.10 bits per heavy atom. The minimum absolute atomic E-state index is 0.116. The summed E-state index contributed by atoms with van der Waals surface area (Å²) in [4.78, 5) is 26.7. The van der Waals surface area contributed by atoms with E-state index in [1.165, 1.54) is 6.07 Å². The van der Waals surface area contributed by atoms with E-state index in [0.29, 0.717) is 26.3 Å². The number of hydrogen-bond donors (Lipinski definition) is 1. The molecule has 1 aromatic carbocycles. The van der Waals surface area contributed by atoms with Crippen LogP contribution in [0.4, 0.5) is 0 Å². The summed E-state index contributed by atoms with van der Waals surface area (Å²) in [5.74, 6) is -0.217. The minimum atomic E-state index is -0.270. The number of aromatic nitrogens is 2. The van der Waals surface area contributed by atoms with Gasteiger partial charge in [-0.3, -0.25) is 14.3 Å². The molecule has 1 N–H and O–H groups in total. The summed E-state index contributed by atoms with van der Waals surface area (Å²) in [6.45, 7) is 1.51. The molecule has 4 heterocycles. The molecule has 0 radical (unpaired) electrons. The topological polar surface area (TPSA) is 98.8 Å². The van der Waals surface area contributed by atoms with Crippen LogP contribution in [0.1, 0.15) is 10.6 Å². The van der Waals surface area contributed by atoms with E-state index in [2.05, 4.69) is 10.4 Å². The molecule has 0 aliphatic carbocycles. The van der Waals surface area contributed by atoms with Gasteiger partial charge in [-0.25, -0.2) is 0 Å². The fraction of sp³-hybridized carbons (Fsp3) is 0.381. The highest BCUT2D eigenvalue weighted by molar-refractivity contribution is 6.29. The summed E-state index contributed by atoms with van der Waals surface area (Å²) < 4.78 is 18.8. The van der Waals surface area contributed by atoms with Crippen LogP contribution in [0.15, 0.2) is 47.0 Å². The van der Waals surface area contributed by atoms with Crippen LogP contribution in [-0.2, 0) is 20.8 Å². The average molecular weight is 445 g/mol. The molecule has 2 aliphatic heterocycles. The van der Waals surface area contributed by atoms with Gasteiger partial charge < -0.3 is 24.1 Å². The number of likely N-dealkylation sites (tertiary alicyclic amines) is 1. The zero-order chi connectivity index (χ0) is 21.4. The Labute approximate surface area is 182 Å². The highest BCUT2D eigenvalue weighted by Crippen LogP contribution is 2.23. The van der Waals surface area contributed by atoms with Gasteiger partial charge in [-0.15, -0.1) is 0 Å². The van der Waals surface area contributed by atoms with Crippen molar-refractivity contribution in [1.82, 2.24) is 20.0 Å². The standard InChI is InChI=1S/C21H21ClN4O5/c22-19-6-5-16(31-19)21(28)25-8-17-18(9-25)30-12-14(11-29-17)24-20(27)10-26-15-4-2-1-3-13(15)7-23-26/h1-7,14,17-18H,8-12H2,(H,24,27)/t17-,18-/m0/s1. The predicted octanol–water partition coefficient (Wildman–Crippen LogP) is 1.71. The summed E-state index contributed by atoms with van der Waals surface area (Å²) in [6.07, 6.45) is 1.23. The number of nitrogens with one attached hydrogen (secondary N) is 1. The van der Waals surface area contributed by atoms with Gasteiger partial charge in [-0.1, -0.05) is 18.2 Å². The fourth-order valence-electron chi connectivity index (χ4n) is 3.99. The SMILES string of the molecule is O=C(Cn1ncc2ccccc21)NC1CO[C@H]2CN(C(=O)c3ccc(Cl)o3)C[C@@H]2OC1. The highest BCUT2D eigenvalue weighted by Gasteiger charge is 2.40. The molecule has 0 bridgehead atoms. The quantitative estimate of drug-likeness (QED) is 0.657. The molecule has 10 heteroatoms. The van der Waals surface area contributed by atoms with Crippen molar-refractivity contribution < 1.29 is 23.5 Å². The summed E-state index contributed by atoms with van der Waals surface area (Å²) >= 11 is 5.76. The van der Waals surface area contributed by atoms with Crippen molar-refractivity contribution in [2.75, 3.05) is 26.3 Å². The summed E-state index contributed by atoms with van der Waals surface area (Å²) in [7, 11) is 0. The molecular formula is C21H21ClN4O5. The van der Waals surface area contributed by atoms with Gasteiger partial charge in [0.2, 0.25) is 5.91 Å². The molecule has 0 unspecified atom stereocenters. The number of nitrogens with zero attached hydrogens (tertiary/aromatic N) is 3. The van der Waals surface area contributed by atoms with Crippen molar-refractivity contribution in [2.24, 2.45) is 0 Å². The Balaban J connectivity index is 1.15. The molecule has 5 rings (SSSR count). The molecule has 2 aromatic heterocycles. The van der Waals surface area contributed by atoms with E-state index in [1.54, 1.807) is 21.8 Å². The number of hydrogen-bond acceptors (Lipinski definition) is 6. The zero-order valence-corrected chi connectivity index (χ0v) is 17.3. The molecule has 0 saturated carbocycles. The van der Waals surface area contributed by atoms with E-state index < -0.39 is 0 Å². The monoisotopic (exact) mass is 444 g/mol. The Kier molecular flexibility index (Phi) is 5.39. The van der Waals surface area contributed by atoms with Crippen molar-refractivity contribution >= 4 is 34.3 Å². The van der Waals surface area contributed by atoms with Gasteiger partial charge in [0.05, 0.1) is 44.1 Å². The van der Waals surface area contributed by atoms with Crippen LogP contribution in [0.25, 0.3) is 10.9 Å². The van der Waals surface area contributed by atoms with E-state index in [0.717, 1.165) is 10.9 Å². The lowest BCUT2D eigenvalue weighted by Crippen LogP contribution is -2.43. The highest BCUT2D eigenvalue weighted by atomic mass is 35.5. The number of furan rings is 1. The number of halogens is 1. The Morgan fingerprint density at radius 3 is 2.55 bits per heavy atom. The smallest absolute Gasteiger partial charge is 0.289 e. The molecule has 31 heavy (non-hydrogen) atoms. The third kappa shape index (κ3) is 4.16. The first-order valence-electron chi connectivity index (χ1n) is 10.0. The second kappa shape index (κ2) is 8.33. The molecule has 162 valence electrons. The maximum atomic E-state index is 12.5. The number of amides is 2. The van der Waals surface area contributed by atoms with E-state index >= 15 is 0 Å². The van der Waals surface area contributed by atoms with Gasteiger partial charge in [0, 0.05) is 5.39 Å². The normalized spacial score (nSPS) is 21.8. The third-order valence-corrected chi connectivity index (χ3v) is 5.72. The molecule has 0 spiro atoms. The third-order valence-electron chi connectivity index (χ3n) is 5.52. The molecule has 2 aliphatic rings. The van der Waals surface area contributed by atoms with Crippen LogP contribution in [0, 0.1) is 0 Å². The van der Waals surface area contributed by atoms with Gasteiger partial charge in [0.1, 0.15) is 18.8 Å². The van der Waals surface area contributed by atoms with Gasteiger partial charge in [-0.05, 0) is 29.8 Å². The van der Waals surface area contributed by atoms with Gasteiger partial charge in [-0.2, -0.15) is 5.10 Å². The lowest BCUT2D eigenvalue weighted by molar-refractivity contribution is -0.123. The first kappa shape index (κ1) is 20.0. The average Bonchev–Trinajstić information content (AvgIpc) is 3.46. The second-order valence-corrected chi connectivity index (χ2v) is 8.06. The van der Waals surface area contributed by atoms with Crippen molar-refractivity contribution in [3.8, 4) is 0 Å². The van der Waals surface area contributed by atoms with Crippen molar-refractivity contribution in [1.29, 1.82) is 0 Å². The van der Waals surface area contributed by atoms with Crippen LogP contribution in [-0.4, -0.2) is 71.0 Å². The summed E-state index contributed by atoms with van der Waals surface area (Å²) in [5, 5.41) is 8.40. The second-order valence-electron chi connectivity index (χ2n) is 7.68. The fourth-order valence-corrected chi connectivity index (χ4v) is 4.13. The van der Waals surface area contributed by atoms with E-state index in [1.807, 2.05) is 24.3 Å². The number of fused-ring (bicyclic) bond motifs is 2. The molecule has 2 amide bonds. The van der Waals surface area contributed by atoms with Crippen LogP contribution in [0.5, 0.6) is 0 Å². The number of ether oxygens (including phenoxy) is 2. The van der Waals surface area contributed by atoms with Crippen molar-refractivity contribution in [3.63, 3.8) is 0 Å². The summed E-state index contributed by atoms with van der Waals surface area (Å²) in [6, 6.07) is 10.6. The maximum Gasteiger partial charge on any atom is 0.289 e. The number of rotatable bonds is 4. The van der Waals surface area contributed by atoms with Gasteiger partial charge in [0.25, 0.3) is 5.91 Å². The zero-order valence-electron chi connectivity index (χ0n) is 16.6. The van der Waals surface area contributed by atoms with Crippen LogP contribution in [0.2, 0.25) is 5.22 Å². The van der Waals surface area contributed by atoms with Crippen LogP contribution < -0.4 is 5.32 Å². The predicted molar refractivity (Wildman–Crippen MR) is 111 cm³/mol. The molecule has 9 nitrogen and oxygen atoms in total. The maximum absolute atomic E-state index is 12.5. The molecule has 3 aromatic rings. The van der Waals surface area contributed by atoms with E-state index in [4.69, 9.17) is 25.5 Å². The number of benzene rings is 1. The Bertz CT molecular complexity index is 1100. The molecular weight excluding hydrogens is 424 g/mol. The minimum Gasteiger partial charge on any atom is -0.440 e.